The molecule has 0 radical (unpaired) electrons. The van der Waals surface area contributed by atoms with Crippen LogP contribution >= 0.6 is 0 Å². The van der Waals surface area contributed by atoms with Crippen LogP contribution in [0.25, 0.3) is 11.1 Å². The minimum atomic E-state index is -0.505. The maximum Gasteiger partial charge on any atom is 0.262 e. The van der Waals surface area contributed by atoms with Gasteiger partial charge in [0.15, 0.2) is 5.75 Å². The van der Waals surface area contributed by atoms with Gasteiger partial charge in [-0.05, 0) is 35.9 Å². The molecule has 0 saturated carbocycles. The normalized spacial score (nSPS) is 10.3. The third-order valence-electron chi connectivity index (χ3n) is 4.38. The lowest BCUT2D eigenvalue weighted by Crippen LogP contribution is -2.24. The molecular weight excluding hydrogens is 364 g/mol. The zero-order valence-corrected chi connectivity index (χ0v) is 15.5. The monoisotopic (exact) mass is 382 g/mol. The first-order valence-electron chi connectivity index (χ1n) is 9.13. The Hall–Kier alpha value is -4.12. The maximum absolute atomic E-state index is 13.0. The predicted octanol–water partition coefficient (Wildman–Crippen LogP) is 5.09. The molecule has 2 N–H and O–H groups in total. The second-order valence-electron chi connectivity index (χ2n) is 6.33. The van der Waals surface area contributed by atoms with E-state index in [1.165, 1.54) is 6.20 Å². The third-order valence-corrected chi connectivity index (χ3v) is 4.38. The highest BCUT2D eigenvalue weighted by molar-refractivity contribution is 6.09. The average molecular weight is 382 g/mol. The number of pyridine rings is 1. The smallest absolute Gasteiger partial charge is 0.262 e. The van der Waals surface area contributed by atoms with Crippen LogP contribution in [0.3, 0.4) is 0 Å². The molecule has 4 rings (SSSR count). The van der Waals surface area contributed by atoms with Crippen molar-refractivity contribution >= 4 is 11.6 Å². The topological polar surface area (TPSA) is 71.2 Å². The molecule has 0 unspecified atom stereocenters. The van der Waals surface area contributed by atoms with Crippen molar-refractivity contribution in [2.24, 2.45) is 0 Å². The Bertz CT molecular complexity index is 1190. The quantitative estimate of drug-likeness (QED) is 0.505. The second kappa shape index (κ2) is 8.27. The standard InChI is InChI=1S/C24H18N2O3/c27-23-22(19(15-16-25-23)17-9-3-1-4-10-17)24(28)26-20-13-7-8-14-21(20)29-18-11-5-2-6-12-18/h1-16H,(H,25,27)(H,26,28). The Morgan fingerprint density at radius 1 is 0.793 bits per heavy atom. The van der Waals surface area contributed by atoms with Crippen LogP contribution in [0.15, 0.2) is 102 Å². The van der Waals surface area contributed by atoms with Gasteiger partial charge in [0.05, 0.1) is 5.69 Å². The fourth-order valence-electron chi connectivity index (χ4n) is 3.02. The number of benzene rings is 3. The van der Waals surface area contributed by atoms with Crippen LogP contribution < -0.4 is 15.6 Å². The lowest BCUT2D eigenvalue weighted by molar-refractivity contribution is 0.102. The molecular formula is C24H18N2O3. The van der Waals surface area contributed by atoms with Gasteiger partial charge in [-0.25, -0.2) is 0 Å². The highest BCUT2D eigenvalue weighted by Crippen LogP contribution is 2.30. The minimum absolute atomic E-state index is 0.0493. The molecule has 0 aliphatic carbocycles. The third kappa shape index (κ3) is 4.09. The van der Waals surface area contributed by atoms with Gasteiger partial charge in [0, 0.05) is 11.8 Å². The van der Waals surface area contributed by atoms with Gasteiger partial charge in [-0.2, -0.15) is 0 Å². The molecule has 142 valence electrons. The van der Waals surface area contributed by atoms with E-state index in [1.54, 1.807) is 24.3 Å². The number of hydrogen-bond donors (Lipinski definition) is 2. The summed E-state index contributed by atoms with van der Waals surface area (Å²) in [6.45, 7) is 0. The molecule has 0 aliphatic rings. The van der Waals surface area contributed by atoms with E-state index in [1.807, 2.05) is 66.7 Å². The first-order chi connectivity index (χ1) is 14.2. The fourth-order valence-corrected chi connectivity index (χ4v) is 3.02. The number of H-pyrrole nitrogens is 1. The number of carbonyl (C=O) groups excluding carboxylic acids is 1. The second-order valence-corrected chi connectivity index (χ2v) is 6.33. The predicted molar refractivity (Wildman–Crippen MR) is 113 cm³/mol. The van der Waals surface area contributed by atoms with Crippen LogP contribution in [-0.2, 0) is 0 Å². The van der Waals surface area contributed by atoms with E-state index in [-0.39, 0.29) is 5.56 Å². The van der Waals surface area contributed by atoms with E-state index in [0.717, 1.165) is 5.56 Å². The SMILES string of the molecule is O=C(Nc1ccccc1Oc1ccccc1)c1c(-c2ccccc2)cc[nH]c1=O. The Morgan fingerprint density at radius 3 is 2.21 bits per heavy atom. The van der Waals surface area contributed by atoms with Gasteiger partial charge in [-0.15, -0.1) is 0 Å². The molecule has 29 heavy (non-hydrogen) atoms. The number of para-hydroxylation sites is 3. The van der Waals surface area contributed by atoms with E-state index in [2.05, 4.69) is 10.3 Å². The van der Waals surface area contributed by atoms with Crippen molar-refractivity contribution in [2.75, 3.05) is 5.32 Å². The number of anilines is 1. The lowest BCUT2D eigenvalue weighted by atomic mass is 10.0. The van der Waals surface area contributed by atoms with Gasteiger partial charge in [-0.1, -0.05) is 60.7 Å². The Kier molecular flexibility index (Phi) is 5.21. The number of hydrogen-bond acceptors (Lipinski definition) is 3. The highest BCUT2D eigenvalue weighted by Gasteiger charge is 2.18. The summed E-state index contributed by atoms with van der Waals surface area (Å²) in [5, 5.41) is 2.81. The van der Waals surface area contributed by atoms with Crippen LogP contribution in [0.1, 0.15) is 10.4 Å². The fraction of sp³-hybridized carbons (Fsp3) is 0. The Balaban J connectivity index is 1.68. The lowest BCUT2D eigenvalue weighted by Gasteiger charge is -2.13. The summed E-state index contributed by atoms with van der Waals surface area (Å²) in [6.07, 6.45) is 1.54. The minimum Gasteiger partial charge on any atom is -0.455 e. The van der Waals surface area contributed by atoms with E-state index in [0.29, 0.717) is 22.7 Å². The molecule has 1 heterocycles. The van der Waals surface area contributed by atoms with E-state index < -0.39 is 11.5 Å². The number of nitrogens with one attached hydrogen (secondary N) is 2. The first-order valence-corrected chi connectivity index (χ1v) is 9.13. The molecule has 1 aromatic heterocycles. The van der Waals surface area contributed by atoms with E-state index in [4.69, 9.17) is 4.74 Å². The molecule has 0 saturated heterocycles. The van der Waals surface area contributed by atoms with E-state index in [9.17, 15) is 9.59 Å². The van der Waals surface area contributed by atoms with Crippen molar-refractivity contribution in [3.63, 3.8) is 0 Å². The zero-order valence-electron chi connectivity index (χ0n) is 15.5. The number of amides is 1. The van der Waals surface area contributed by atoms with Gasteiger partial charge >= 0.3 is 0 Å². The molecule has 3 aromatic carbocycles. The number of aromatic amines is 1. The van der Waals surface area contributed by atoms with Crippen molar-refractivity contribution in [1.29, 1.82) is 0 Å². The summed E-state index contributed by atoms with van der Waals surface area (Å²) in [4.78, 5) is 28.1. The summed E-state index contributed by atoms with van der Waals surface area (Å²) < 4.78 is 5.89. The summed E-state index contributed by atoms with van der Waals surface area (Å²) in [5.74, 6) is 0.632. The molecule has 4 aromatic rings. The molecule has 1 amide bonds. The molecule has 0 aliphatic heterocycles. The van der Waals surface area contributed by atoms with Gasteiger partial charge in [-0.3, -0.25) is 9.59 Å². The van der Waals surface area contributed by atoms with Gasteiger partial charge in [0.2, 0.25) is 0 Å². The first kappa shape index (κ1) is 18.3. The van der Waals surface area contributed by atoms with Crippen LogP contribution in [0, 0.1) is 0 Å². The van der Waals surface area contributed by atoms with Crippen LogP contribution in [-0.4, -0.2) is 10.9 Å². The summed E-state index contributed by atoms with van der Waals surface area (Å²) in [7, 11) is 0. The van der Waals surface area contributed by atoms with Gasteiger partial charge in [0.25, 0.3) is 11.5 Å². The van der Waals surface area contributed by atoms with Crippen molar-refractivity contribution in [1.82, 2.24) is 4.98 Å². The van der Waals surface area contributed by atoms with Crippen molar-refractivity contribution < 1.29 is 9.53 Å². The number of rotatable bonds is 5. The van der Waals surface area contributed by atoms with Gasteiger partial charge < -0.3 is 15.0 Å². The van der Waals surface area contributed by atoms with E-state index >= 15 is 0 Å². The molecule has 0 spiro atoms. The molecule has 5 heteroatoms. The number of aromatic nitrogens is 1. The molecule has 5 nitrogen and oxygen atoms in total. The largest absolute Gasteiger partial charge is 0.455 e. The molecule has 0 bridgehead atoms. The number of carbonyl (C=O) groups is 1. The van der Waals surface area contributed by atoms with Crippen LogP contribution in [0.5, 0.6) is 11.5 Å². The molecule has 0 atom stereocenters. The van der Waals surface area contributed by atoms with Gasteiger partial charge in [0.1, 0.15) is 11.3 Å². The zero-order chi connectivity index (χ0) is 20.1. The van der Waals surface area contributed by atoms with Crippen molar-refractivity contribution in [3.8, 4) is 22.6 Å². The summed E-state index contributed by atoms with van der Waals surface area (Å²) in [5.41, 5.74) is 1.42. The Labute approximate surface area is 167 Å². The average Bonchev–Trinajstić information content (AvgIpc) is 2.76. The Morgan fingerprint density at radius 2 is 1.45 bits per heavy atom. The highest BCUT2D eigenvalue weighted by atomic mass is 16.5. The number of ether oxygens (including phenoxy) is 1. The maximum atomic E-state index is 13.0. The van der Waals surface area contributed by atoms with Crippen LogP contribution in [0.4, 0.5) is 5.69 Å². The molecule has 0 fully saturated rings. The van der Waals surface area contributed by atoms with Crippen molar-refractivity contribution in [2.45, 2.75) is 0 Å². The van der Waals surface area contributed by atoms with Crippen molar-refractivity contribution in [3.05, 3.63) is 113 Å². The van der Waals surface area contributed by atoms with Crippen LogP contribution in [0.2, 0.25) is 0 Å². The summed E-state index contributed by atoms with van der Waals surface area (Å²) >= 11 is 0. The summed E-state index contributed by atoms with van der Waals surface area (Å²) in [6, 6.07) is 27.4.